The van der Waals surface area contributed by atoms with Crippen LogP contribution in [0.15, 0.2) is 116 Å². The number of nitrogens with one attached hydrogen (secondary N) is 2. The van der Waals surface area contributed by atoms with Crippen molar-refractivity contribution < 1.29 is 22.8 Å². The number of azo groups is 2. The van der Waals surface area contributed by atoms with Crippen LogP contribution in [0.3, 0.4) is 0 Å². The highest BCUT2D eigenvalue weighted by molar-refractivity contribution is 7.85. The van der Waals surface area contributed by atoms with E-state index in [1.807, 2.05) is 30.3 Å². The maximum absolute atomic E-state index is 11.4. The van der Waals surface area contributed by atoms with Crippen molar-refractivity contribution in [3.05, 3.63) is 96.6 Å². The maximum atomic E-state index is 11.4. The van der Waals surface area contributed by atoms with Crippen molar-refractivity contribution in [1.82, 2.24) is 15.0 Å². The molecule has 0 radical (unpaired) electrons. The monoisotopic (exact) mass is 654 g/mol. The normalized spacial score (nSPS) is 11.6. The van der Waals surface area contributed by atoms with Crippen LogP contribution < -0.4 is 20.3 Å². The van der Waals surface area contributed by atoms with Crippen molar-refractivity contribution >= 4 is 62.1 Å². The average molecular weight is 655 g/mol. The number of nitrogens with zero attached hydrogens (tertiary/aromatic N) is 8. The minimum atomic E-state index is -4.38. The van der Waals surface area contributed by atoms with Crippen molar-refractivity contribution in [3.63, 3.8) is 0 Å². The van der Waals surface area contributed by atoms with Gasteiger partial charge in [-0.15, -0.1) is 0 Å². The second kappa shape index (κ2) is 14.5. The van der Waals surface area contributed by atoms with Crippen LogP contribution in [0.5, 0.6) is 5.75 Å². The first-order valence-electron chi connectivity index (χ1n) is 14.0. The highest BCUT2D eigenvalue weighted by Crippen LogP contribution is 2.33. The van der Waals surface area contributed by atoms with Crippen molar-refractivity contribution in [3.8, 4) is 5.75 Å². The number of hydrogen-bond acceptors (Lipinski definition) is 14. The van der Waals surface area contributed by atoms with E-state index in [1.54, 1.807) is 62.5 Å². The maximum Gasteiger partial charge on any atom is 0.294 e. The summed E-state index contributed by atoms with van der Waals surface area (Å²) in [7, 11) is 0.746. The van der Waals surface area contributed by atoms with E-state index in [0.717, 1.165) is 5.69 Å². The fourth-order valence-electron chi connectivity index (χ4n) is 4.09. The molecule has 5 rings (SSSR count). The van der Waals surface area contributed by atoms with Crippen LogP contribution in [0, 0.1) is 0 Å². The van der Waals surface area contributed by atoms with E-state index in [1.165, 1.54) is 24.3 Å². The van der Waals surface area contributed by atoms with Gasteiger partial charge in [-0.2, -0.15) is 43.8 Å². The van der Waals surface area contributed by atoms with Crippen molar-refractivity contribution in [1.29, 1.82) is 0 Å². The first-order chi connectivity index (χ1) is 22.6. The molecule has 4 N–H and O–H groups in total. The zero-order valence-corrected chi connectivity index (χ0v) is 26.3. The van der Waals surface area contributed by atoms with Gasteiger partial charge in [-0.05, 0) is 60.7 Å². The van der Waals surface area contributed by atoms with E-state index < -0.39 is 10.1 Å². The Hall–Kier alpha value is -5.84. The SMILES string of the molecule is COc1cc(N=Nc2ccccc2)ccc1Nc1nc(Nc2ccc(N=Nc3cccc(S(=O)(=O)O)c3)cc2CO)nc(N(C)C)n1. The first kappa shape index (κ1) is 32.6. The summed E-state index contributed by atoms with van der Waals surface area (Å²) in [6.45, 7) is -0.341. The number of anilines is 5. The molecule has 1 aromatic heterocycles. The molecule has 0 unspecified atom stereocenters. The van der Waals surface area contributed by atoms with Crippen molar-refractivity contribution in [2.75, 3.05) is 36.7 Å². The second-order valence-electron chi connectivity index (χ2n) is 10.0. The number of aliphatic hydroxyl groups is 1. The smallest absolute Gasteiger partial charge is 0.294 e. The van der Waals surface area contributed by atoms with E-state index in [0.29, 0.717) is 40.0 Å². The lowest BCUT2D eigenvalue weighted by Crippen LogP contribution is -2.16. The molecule has 0 aliphatic rings. The third-order valence-corrected chi connectivity index (χ3v) is 7.24. The minimum absolute atomic E-state index is 0.199. The summed E-state index contributed by atoms with van der Waals surface area (Å²) in [5.41, 5.74) is 3.49. The Labute approximate surface area is 270 Å². The third-order valence-electron chi connectivity index (χ3n) is 6.39. The van der Waals surface area contributed by atoms with Gasteiger partial charge in [0.2, 0.25) is 17.8 Å². The molecule has 4 aromatic carbocycles. The summed E-state index contributed by atoms with van der Waals surface area (Å²) in [6.07, 6.45) is 0. The van der Waals surface area contributed by atoms with Gasteiger partial charge in [-0.1, -0.05) is 24.3 Å². The zero-order chi connectivity index (χ0) is 33.4. The quantitative estimate of drug-likeness (QED) is 0.0797. The van der Waals surface area contributed by atoms with E-state index in [9.17, 15) is 18.1 Å². The molecule has 0 saturated carbocycles. The molecule has 15 nitrogen and oxygen atoms in total. The number of methoxy groups -OCH3 is 1. The molecule has 5 aromatic rings. The Kier molecular flexibility index (Phi) is 10.0. The number of hydrogen-bond donors (Lipinski definition) is 4. The summed E-state index contributed by atoms with van der Waals surface area (Å²) in [5.74, 6) is 1.28. The lowest BCUT2D eigenvalue weighted by molar-refractivity contribution is 0.282. The minimum Gasteiger partial charge on any atom is -0.494 e. The molecule has 0 fully saturated rings. The summed E-state index contributed by atoms with van der Waals surface area (Å²) >= 11 is 0. The molecular weight excluding hydrogens is 624 g/mol. The highest BCUT2D eigenvalue weighted by Gasteiger charge is 2.14. The number of aromatic nitrogens is 3. The molecule has 16 heteroatoms. The van der Waals surface area contributed by atoms with Gasteiger partial charge in [0.1, 0.15) is 5.75 Å². The van der Waals surface area contributed by atoms with Crippen LogP contribution in [-0.4, -0.2) is 54.2 Å². The Morgan fingerprint density at radius 3 is 1.91 bits per heavy atom. The van der Waals surface area contributed by atoms with Crippen LogP contribution >= 0.6 is 0 Å². The number of rotatable bonds is 12. The molecule has 0 aliphatic heterocycles. The fraction of sp³-hybridized carbons (Fsp3) is 0.129. The third kappa shape index (κ3) is 8.66. The van der Waals surface area contributed by atoms with Gasteiger partial charge in [0.25, 0.3) is 10.1 Å². The zero-order valence-electron chi connectivity index (χ0n) is 25.5. The Balaban J connectivity index is 1.37. The highest BCUT2D eigenvalue weighted by atomic mass is 32.2. The van der Waals surface area contributed by atoms with Crippen LogP contribution in [0.2, 0.25) is 0 Å². The summed E-state index contributed by atoms with van der Waals surface area (Å²) < 4.78 is 37.7. The molecular formula is C31H30N10O5S. The number of benzene rings is 4. The van der Waals surface area contributed by atoms with Gasteiger partial charge in [0.05, 0.1) is 47.0 Å². The van der Waals surface area contributed by atoms with E-state index in [-0.39, 0.29) is 29.1 Å². The van der Waals surface area contributed by atoms with Crippen LogP contribution in [0.25, 0.3) is 0 Å². The fourth-order valence-corrected chi connectivity index (χ4v) is 4.61. The standard InChI is InChI=1S/C31H30N10O5S/c1-41(2)31-35-29(32-26-14-12-23(16-20(26)19-42)39-38-22-10-7-11-25(17-22)47(43,44)45)34-30(36-31)33-27-15-13-24(18-28(27)46-3)40-37-21-8-5-4-6-9-21/h4-18,42H,19H2,1-3H3,(H,43,44,45)(H2,32,33,34,35,36). The predicted octanol–water partition coefficient (Wildman–Crippen LogP) is 7.00. The molecule has 0 bridgehead atoms. The average Bonchev–Trinajstić information content (AvgIpc) is 3.07. The van der Waals surface area contributed by atoms with Gasteiger partial charge in [-0.3, -0.25) is 4.55 Å². The molecule has 0 amide bonds. The Morgan fingerprint density at radius 2 is 1.30 bits per heavy atom. The molecule has 47 heavy (non-hydrogen) atoms. The van der Waals surface area contributed by atoms with Gasteiger partial charge in [0, 0.05) is 31.4 Å². The van der Waals surface area contributed by atoms with Crippen molar-refractivity contribution in [2.24, 2.45) is 20.5 Å². The van der Waals surface area contributed by atoms with Gasteiger partial charge in [0.15, 0.2) is 0 Å². The van der Waals surface area contributed by atoms with Crippen LogP contribution in [0.1, 0.15) is 5.56 Å². The molecule has 0 atom stereocenters. The van der Waals surface area contributed by atoms with Crippen LogP contribution in [-0.2, 0) is 16.7 Å². The molecule has 0 aliphatic carbocycles. The summed E-state index contributed by atoms with van der Waals surface area (Å²) in [6, 6.07) is 25.0. The Morgan fingerprint density at radius 1 is 0.723 bits per heavy atom. The summed E-state index contributed by atoms with van der Waals surface area (Å²) in [4.78, 5) is 14.9. The molecule has 1 heterocycles. The van der Waals surface area contributed by atoms with Crippen molar-refractivity contribution in [2.45, 2.75) is 11.5 Å². The second-order valence-corrected chi connectivity index (χ2v) is 11.4. The largest absolute Gasteiger partial charge is 0.494 e. The predicted molar refractivity (Wildman–Crippen MR) is 177 cm³/mol. The lowest BCUT2D eigenvalue weighted by Gasteiger charge is -2.16. The topological polar surface area (TPSA) is 199 Å². The number of ether oxygens (including phenoxy) is 1. The van der Waals surface area contributed by atoms with E-state index in [4.69, 9.17) is 4.74 Å². The Bertz CT molecular complexity index is 2040. The van der Waals surface area contributed by atoms with E-state index >= 15 is 0 Å². The van der Waals surface area contributed by atoms with Gasteiger partial charge in [-0.25, -0.2) is 0 Å². The van der Waals surface area contributed by atoms with E-state index in [2.05, 4.69) is 46.0 Å². The first-order valence-corrected chi connectivity index (χ1v) is 15.4. The van der Waals surface area contributed by atoms with Gasteiger partial charge >= 0.3 is 0 Å². The molecule has 0 saturated heterocycles. The number of aliphatic hydroxyl groups excluding tert-OH is 1. The summed E-state index contributed by atoms with van der Waals surface area (Å²) in [5, 5.41) is 33.1. The van der Waals surface area contributed by atoms with Crippen LogP contribution in [0.4, 0.5) is 52.0 Å². The lowest BCUT2D eigenvalue weighted by atomic mass is 10.1. The molecule has 240 valence electrons. The molecule has 0 spiro atoms. The van der Waals surface area contributed by atoms with Gasteiger partial charge < -0.3 is 25.4 Å².